The lowest BCUT2D eigenvalue weighted by molar-refractivity contribution is -0.0503. The molecular weight excluding hydrogens is 396 g/mol. The summed E-state index contributed by atoms with van der Waals surface area (Å²) in [5.74, 6) is 3.37. The molecular formula is C22H26N6OS. The Morgan fingerprint density at radius 3 is 2.67 bits per heavy atom. The van der Waals surface area contributed by atoms with E-state index in [1.807, 2.05) is 28.8 Å². The summed E-state index contributed by atoms with van der Waals surface area (Å²) in [5.41, 5.74) is 2.70. The molecule has 4 bridgehead atoms. The second-order valence-corrected chi connectivity index (χ2v) is 10.5. The molecule has 2 N–H and O–H groups in total. The predicted molar refractivity (Wildman–Crippen MR) is 114 cm³/mol. The number of carbonyl (C=O) groups is 1. The number of nitrogens with one attached hydrogen (secondary N) is 2. The number of aromatic nitrogens is 5. The van der Waals surface area contributed by atoms with Crippen molar-refractivity contribution in [3.05, 3.63) is 42.1 Å². The maximum absolute atomic E-state index is 13.1. The van der Waals surface area contributed by atoms with Crippen LogP contribution in [0.4, 0.5) is 0 Å². The highest BCUT2D eigenvalue weighted by molar-refractivity contribution is 7.98. The van der Waals surface area contributed by atoms with Crippen LogP contribution in [0.3, 0.4) is 0 Å². The Balaban J connectivity index is 1.17. The topological polar surface area (TPSA) is 88.0 Å². The average Bonchev–Trinajstić information content (AvgIpc) is 3.38. The normalized spacial score (nSPS) is 29.5. The van der Waals surface area contributed by atoms with Crippen LogP contribution in [0.1, 0.15) is 54.7 Å². The number of hydrogen-bond donors (Lipinski definition) is 2. The molecule has 0 saturated heterocycles. The Labute approximate surface area is 179 Å². The van der Waals surface area contributed by atoms with Gasteiger partial charge in [0.25, 0.3) is 5.91 Å². The minimum Gasteiger partial charge on any atom is -0.350 e. The standard InChI is InChI=1S/C22H26N6OS/c29-20(23-12-22-7-14-4-15(8-22)6-16(5-14)9-22)18-2-1-3-19-26-17(10-28(18)19)11-30-21-24-13-25-27-21/h1-3,10,13-16H,4-9,11-12H2,(H,23,29)(H,24,25,27). The van der Waals surface area contributed by atoms with Crippen molar-refractivity contribution < 1.29 is 4.79 Å². The molecule has 3 aromatic rings. The first-order chi connectivity index (χ1) is 14.7. The molecule has 1 amide bonds. The van der Waals surface area contributed by atoms with E-state index in [0.29, 0.717) is 16.9 Å². The van der Waals surface area contributed by atoms with Crippen LogP contribution in [-0.4, -0.2) is 37.0 Å². The molecule has 4 saturated carbocycles. The van der Waals surface area contributed by atoms with Crippen molar-refractivity contribution in [3.63, 3.8) is 0 Å². The number of aromatic amines is 1. The van der Waals surface area contributed by atoms with Crippen molar-refractivity contribution in [2.75, 3.05) is 6.54 Å². The fourth-order valence-electron chi connectivity index (χ4n) is 6.59. The maximum Gasteiger partial charge on any atom is 0.268 e. The number of fused-ring (bicyclic) bond motifs is 1. The number of H-pyrrole nitrogens is 1. The first kappa shape index (κ1) is 18.4. The van der Waals surface area contributed by atoms with Crippen molar-refractivity contribution in [1.82, 2.24) is 29.9 Å². The summed E-state index contributed by atoms with van der Waals surface area (Å²) in [6.07, 6.45) is 11.6. The zero-order valence-corrected chi connectivity index (χ0v) is 17.7. The zero-order chi connectivity index (χ0) is 20.1. The van der Waals surface area contributed by atoms with Gasteiger partial charge in [-0.15, -0.1) is 0 Å². The molecule has 3 aromatic heterocycles. The number of nitrogens with zero attached hydrogens (tertiary/aromatic N) is 4. The van der Waals surface area contributed by atoms with Gasteiger partial charge in [0.1, 0.15) is 17.7 Å². The molecule has 0 aromatic carbocycles. The quantitative estimate of drug-likeness (QED) is 0.592. The summed E-state index contributed by atoms with van der Waals surface area (Å²) < 4.78 is 1.91. The molecule has 4 aliphatic carbocycles. The summed E-state index contributed by atoms with van der Waals surface area (Å²) in [7, 11) is 0. The van der Waals surface area contributed by atoms with Crippen molar-refractivity contribution in [2.24, 2.45) is 23.2 Å². The molecule has 3 heterocycles. The highest BCUT2D eigenvalue weighted by atomic mass is 32.2. The first-order valence-corrected chi connectivity index (χ1v) is 11.9. The van der Waals surface area contributed by atoms with E-state index in [-0.39, 0.29) is 5.91 Å². The minimum absolute atomic E-state index is 0.00295. The molecule has 7 rings (SSSR count). The number of hydrogen-bond acceptors (Lipinski definition) is 5. The number of rotatable bonds is 6. The maximum atomic E-state index is 13.1. The smallest absolute Gasteiger partial charge is 0.268 e. The Bertz CT molecular complexity index is 1040. The first-order valence-electron chi connectivity index (χ1n) is 10.9. The van der Waals surface area contributed by atoms with Crippen molar-refractivity contribution in [3.8, 4) is 0 Å². The highest BCUT2D eigenvalue weighted by Gasteiger charge is 2.50. The largest absolute Gasteiger partial charge is 0.350 e. The van der Waals surface area contributed by atoms with E-state index < -0.39 is 0 Å². The van der Waals surface area contributed by atoms with E-state index >= 15 is 0 Å². The van der Waals surface area contributed by atoms with Crippen LogP contribution in [0.15, 0.2) is 35.9 Å². The fraction of sp³-hybridized carbons (Fsp3) is 0.545. The second kappa shape index (κ2) is 7.11. The number of imidazole rings is 1. The van der Waals surface area contributed by atoms with Gasteiger partial charge in [-0.05, 0) is 73.8 Å². The lowest BCUT2D eigenvalue weighted by Gasteiger charge is -2.56. The van der Waals surface area contributed by atoms with Gasteiger partial charge >= 0.3 is 0 Å². The Hall–Kier alpha value is -2.35. The van der Waals surface area contributed by atoms with Gasteiger partial charge in [0.15, 0.2) is 5.16 Å². The number of carbonyl (C=O) groups excluding carboxylic acids is 1. The van der Waals surface area contributed by atoms with E-state index in [1.165, 1.54) is 44.9 Å². The van der Waals surface area contributed by atoms with Gasteiger partial charge in [-0.25, -0.2) is 9.97 Å². The molecule has 4 fully saturated rings. The Kier molecular flexibility index (Phi) is 4.37. The molecule has 7 nitrogen and oxygen atoms in total. The molecule has 30 heavy (non-hydrogen) atoms. The van der Waals surface area contributed by atoms with E-state index in [4.69, 9.17) is 0 Å². The van der Waals surface area contributed by atoms with Gasteiger partial charge in [0.05, 0.1) is 5.69 Å². The second-order valence-electron chi connectivity index (χ2n) is 9.55. The summed E-state index contributed by atoms with van der Waals surface area (Å²) in [6.45, 7) is 0.814. The molecule has 8 heteroatoms. The van der Waals surface area contributed by atoms with Gasteiger partial charge in [0, 0.05) is 18.5 Å². The third kappa shape index (κ3) is 3.31. The van der Waals surface area contributed by atoms with Gasteiger partial charge in [-0.3, -0.25) is 14.3 Å². The molecule has 0 atom stereocenters. The van der Waals surface area contributed by atoms with E-state index in [2.05, 4.69) is 25.5 Å². The molecule has 4 aliphatic rings. The van der Waals surface area contributed by atoms with Crippen LogP contribution in [0, 0.1) is 23.2 Å². The van der Waals surface area contributed by atoms with Crippen molar-refractivity contribution >= 4 is 23.3 Å². The van der Waals surface area contributed by atoms with Crippen molar-refractivity contribution in [1.29, 1.82) is 0 Å². The average molecular weight is 423 g/mol. The van der Waals surface area contributed by atoms with Crippen LogP contribution < -0.4 is 5.32 Å². The van der Waals surface area contributed by atoms with E-state index in [0.717, 1.165) is 40.8 Å². The Morgan fingerprint density at radius 2 is 1.97 bits per heavy atom. The lowest BCUT2D eigenvalue weighted by Crippen LogP contribution is -2.51. The van der Waals surface area contributed by atoms with Crippen LogP contribution >= 0.6 is 11.8 Å². The summed E-state index contributed by atoms with van der Waals surface area (Å²) in [6, 6.07) is 5.74. The van der Waals surface area contributed by atoms with Crippen LogP contribution in [0.25, 0.3) is 5.65 Å². The molecule has 0 aliphatic heterocycles. The third-order valence-corrected chi connectivity index (χ3v) is 8.22. The van der Waals surface area contributed by atoms with Gasteiger partial charge < -0.3 is 5.32 Å². The van der Waals surface area contributed by atoms with Crippen LogP contribution in [0.5, 0.6) is 0 Å². The Morgan fingerprint density at radius 1 is 1.20 bits per heavy atom. The van der Waals surface area contributed by atoms with E-state index in [1.54, 1.807) is 11.8 Å². The molecule has 0 unspecified atom stereocenters. The minimum atomic E-state index is 0.00295. The van der Waals surface area contributed by atoms with Gasteiger partial charge in [-0.2, -0.15) is 5.10 Å². The van der Waals surface area contributed by atoms with Crippen molar-refractivity contribution in [2.45, 2.75) is 49.4 Å². The van der Waals surface area contributed by atoms with Gasteiger partial charge in [-0.1, -0.05) is 17.8 Å². The number of amides is 1. The van der Waals surface area contributed by atoms with Crippen LogP contribution in [-0.2, 0) is 5.75 Å². The fourth-order valence-corrected chi connectivity index (χ4v) is 7.25. The molecule has 0 spiro atoms. The SMILES string of the molecule is O=C(NCC12CC3CC(CC(C3)C1)C2)c1cccc2nc(CSc3ncn[nH]3)cn12. The predicted octanol–water partition coefficient (Wildman–Crippen LogP) is 3.69. The lowest BCUT2D eigenvalue weighted by atomic mass is 9.49. The zero-order valence-electron chi connectivity index (χ0n) is 16.9. The number of pyridine rings is 1. The third-order valence-electron chi connectivity index (χ3n) is 7.31. The molecule has 156 valence electrons. The van der Waals surface area contributed by atoms with Gasteiger partial charge in [0.2, 0.25) is 0 Å². The summed E-state index contributed by atoms with van der Waals surface area (Å²) in [4.78, 5) is 21.9. The monoisotopic (exact) mass is 422 g/mol. The summed E-state index contributed by atoms with van der Waals surface area (Å²) >= 11 is 1.55. The van der Waals surface area contributed by atoms with Crippen LogP contribution in [0.2, 0.25) is 0 Å². The number of thioether (sulfide) groups is 1. The molecule has 0 radical (unpaired) electrons. The van der Waals surface area contributed by atoms with E-state index in [9.17, 15) is 4.79 Å². The summed E-state index contributed by atoms with van der Waals surface area (Å²) in [5, 5.41) is 10.8. The highest BCUT2D eigenvalue weighted by Crippen LogP contribution is 2.59.